The first-order chi connectivity index (χ1) is 14.1. The van der Waals surface area contributed by atoms with Gasteiger partial charge < -0.3 is 19.1 Å². The van der Waals surface area contributed by atoms with Crippen molar-refractivity contribution in [2.24, 2.45) is 0 Å². The van der Waals surface area contributed by atoms with Crippen LogP contribution in [-0.2, 0) is 15.8 Å². The fourth-order valence-corrected chi connectivity index (χ4v) is 3.71. The van der Waals surface area contributed by atoms with Crippen molar-refractivity contribution in [1.29, 1.82) is 0 Å². The summed E-state index contributed by atoms with van der Waals surface area (Å²) in [6.07, 6.45) is 1.94. The molecule has 0 amide bonds. The summed E-state index contributed by atoms with van der Waals surface area (Å²) in [6, 6.07) is 6.87. The zero-order valence-electron chi connectivity index (χ0n) is 15.6. The first-order valence-corrected chi connectivity index (χ1v) is 11.0. The predicted molar refractivity (Wildman–Crippen MR) is 113 cm³/mol. The summed E-state index contributed by atoms with van der Waals surface area (Å²) < 4.78 is 37.4. The van der Waals surface area contributed by atoms with Gasteiger partial charge in [-0.25, -0.2) is 8.96 Å². The standard InChI is InChI=1S/C19H17Cl2FNO6P/c1-2-7-28-16-6-5-15(22)17-18(16)23(10-29-30(25,26)27)9-13(19(17)24)12-4-3-11(20)8-14(12)21/h3-6,8-9H,2,7,10H2,1H3,(H2,25,26,27). The van der Waals surface area contributed by atoms with Crippen LogP contribution in [-0.4, -0.2) is 21.0 Å². The number of benzene rings is 2. The van der Waals surface area contributed by atoms with E-state index in [0.717, 1.165) is 6.07 Å². The van der Waals surface area contributed by atoms with E-state index in [1.165, 1.54) is 35.0 Å². The summed E-state index contributed by atoms with van der Waals surface area (Å²) in [5, 5.41) is 0.178. The second kappa shape index (κ2) is 9.06. The number of aromatic nitrogens is 1. The lowest BCUT2D eigenvalue weighted by Crippen LogP contribution is -2.16. The fourth-order valence-electron chi connectivity index (χ4n) is 2.93. The molecule has 3 aromatic rings. The Balaban J connectivity index is 2.34. The van der Waals surface area contributed by atoms with Gasteiger partial charge >= 0.3 is 7.82 Å². The van der Waals surface area contributed by atoms with Crippen LogP contribution in [0.3, 0.4) is 0 Å². The molecule has 0 bridgehead atoms. The summed E-state index contributed by atoms with van der Waals surface area (Å²) in [6.45, 7) is 1.50. The molecule has 30 heavy (non-hydrogen) atoms. The number of rotatable bonds is 7. The maximum absolute atomic E-state index is 14.7. The fraction of sp³-hybridized carbons (Fsp3) is 0.211. The van der Waals surface area contributed by atoms with Crippen molar-refractivity contribution in [3.05, 3.63) is 62.6 Å². The van der Waals surface area contributed by atoms with E-state index < -0.39 is 25.8 Å². The first-order valence-electron chi connectivity index (χ1n) is 8.76. The van der Waals surface area contributed by atoms with Gasteiger partial charge in [0.05, 0.1) is 22.5 Å². The molecule has 7 nitrogen and oxygen atoms in total. The van der Waals surface area contributed by atoms with Crippen LogP contribution in [0.15, 0.2) is 41.3 Å². The van der Waals surface area contributed by atoms with E-state index in [1.807, 2.05) is 6.92 Å². The largest absolute Gasteiger partial charge is 0.491 e. The first kappa shape index (κ1) is 22.7. The van der Waals surface area contributed by atoms with E-state index >= 15 is 0 Å². The van der Waals surface area contributed by atoms with Crippen LogP contribution in [0.4, 0.5) is 4.39 Å². The van der Waals surface area contributed by atoms with Crippen molar-refractivity contribution in [3.63, 3.8) is 0 Å². The zero-order chi connectivity index (χ0) is 22.1. The smallest absolute Gasteiger partial charge is 0.471 e. The molecular formula is C19H17Cl2FNO6P. The minimum absolute atomic E-state index is 0.00465. The lowest BCUT2D eigenvalue weighted by atomic mass is 10.0. The molecule has 2 aromatic carbocycles. The zero-order valence-corrected chi connectivity index (χ0v) is 18.0. The predicted octanol–water partition coefficient (Wildman–Crippen LogP) is 4.97. The molecule has 1 heterocycles. The van der Waals surface area contributed by atoms with Crippen molar-refractivity contribution in [1.82, 2.24) is 4.57 Å². The molecule has 160 valence electrons. The molecule has 0 spiro atoms. The maximum atomic E-state index is 14.7. The molecule has 11 heteroatoms. The molecule has 0 radical (unpaired) electrons. The summed E-state index contributed by atoms with van der Waals surface area (Å²) in [4.78, 5) is 31.4. The van der Waals surface area contributed by atoms with E-state index in [9.17, 15) is 13.8 Å². The normalized spacial score (nSPS) is 11.8. The van der Waals surface area contributed by atoms with Crippen LogP contribution < -0.4 is 10.2 Å². The molecule has 0 aliphatic rings. The number of hydrogen-bond donors (Lipinski definition) is 2. The summed E-state index contributed by atoms with van der Waals surface area (Å²) >= 11 is 12.1. The number of halogens is 3. The van der Waals surface area contributed by atoms with Gasteiger partial charge in [0.15, 0.2) is 5.43 Å². The Morgan fingerprint density at radius 1 is 1.17 bits per heavy atom. The molecule has 0 unspecified atom stereocenters. The molecule has 0 aliphatic carbocycles. The van der Waals surface area contributed by atoms with Gasteiger partial charge in [-0.15, -0.1) is 0 Å². The highest BCUT2D eigenvalue weighted by Crippen LogP contribution is 2.38. The van der Waals surface area contributed by atoms with Crippen LogP contribution in [0.25, 0.3) is 22.0 Å². The van der Waals surface area contributed by atoms with Crippen LogP contribution in [0.5, 0.6) is 5.75 Å². The maximum Gasteiger partial charge on any atom is 0.471 e. The van der Waals surface area contributed by atoms with Gasteiger partial charge in [0.2, 0.25) is 0 Å². The molecule has 0 saturated heterocycles. The third-order valence-corrected chi connectivity index (χ3v) is 5.18. The van der Waals surface area contributed by atoms with Gasteiger partial charge in [-0.05, 0) is 30.7 Å². The molecule has 3 rings (SSSR count). The number of hydrogen-bond acceptors (Lipinski definition) is 4. The number of nitrogens with zero attached hydrogens (tertiary/aromatic N) is 1. The highest BCUT2D eigenvalue weighted by atomic mass is 35.5. The lowest BCUT2D eigenvalue weighted by molar-refractivity contribution is 0.155. The molecule has 0 fully saturated rings. The van der Waals surface area contributed by atoms with E-state index in [2.05, 4.69) is 4.52 Å². The van der Waals surface area contributed by atoms with Crippen molar-refractivity contribution in [2.75, 3.05) is 6.61 Å². The average molecular weight is 476 g/mol. The Labute approximate surface area is 180 Å². The lowest BCUT2D eigenvalue weighted by Gasteiger charge is -2.18. The monoisotopic (exact) mass is 475 g/mol. The second-order valence-electron chi connectivity index (χ2n) is 6.33. The van der Waals surface area contributed by atoms with Gasteiger partial charge in [-0.3, -0.25) is 9.32 Å². The van der Waals surface area contributed by atoms with Crippen LogP contribution in [0.2, 0.25) is 10.0 Å². The van der Waals surface area contributed by atoms with Crippen molar-refractivity contribution in [3.8, 4) is 16.9 Å². The number of fused-ring (bicyclic) bond motifs is 1. The van der Waals surface area contributed by atoms with E-state index in [1.54, 1.807) is 0 Å². The molecular weight excluding hydrogens is 459 g/mol. The number of phosphoric ester groups is 1. The summed E-state index contributed by atoms with van der Waals surface area (Å²) in [5.41, 5.74) is -0.376. The van der Waals surface area contributed by atoms with Crippen LogP contribution in [0, 0.1) is 5.82 Å². The molecule has 0 saturated carbocycles. The second-order valence-corrected chi connectivity index (χ2v) is 8.42. The van der Waals surface area contributed by atoms with Gasteiger partial charge in [-0.1, -0.05) is 36.2 Å². The van der Waals surface area contributed by atoms with Gasteiger partial charge in [0.25, 0.3) is 0 Å². The Kier molecular flexibility index (Phi) is 6.87. The van der Waals surface area contributed by atoms with Gasteiger partial charge in [0.1, 0.15) is 18.3 Å². The van der Waals surface area contributed by atoms with E-state index in [4.69, 9.17) is 37.7 Å². The Morgan fingerprint density at radius 3 is 2.53 bits per heavy atom. The number of pyridine rings is 1. The highest BCUT2D eigenvalue weighted by molar-refractivity contribution is 7.46. The third kappa shape index (κ3) is 4.86. The molecule has 1 aromatic heterocycles. The molecule has 0 atom stereocenters. The van der Waals surface area contributed by atoms with Gasteiger partial charge in [-0.2, -0.15) is 0 Å². The number of phosphoric acid groups is 1. The Morgan fingerprint density at radius 2 is 1.90 bits per heavy atom. The minimum atomic E-state index is -4.85. The van der Waals surface area contributed by atoms with Crippen molar-refractivity contribution in [2.45, 2.75) is 20.1 Å². The summed E-state index contributed by atoms with van der Waals surface area (Å²) in [5.74, 6) is -0.649. The Bertz CT molecular complexity index is 1210. The average Bonchev–Trinajstić information content (AvgIpc) is 2.66. The van der Waals surface area contributed by atoms with Gasteiger partial charge in [0, 0.05) is 22.3 Å². The van der Waals surface area contributed by atoms with Crippen molar-refractivity contribution >= 4 is 41.9 Å². The topological polar surface area (TPSA) is 98.0 Å². The summed E-state index contributed by atoms with van der Waals surface area (Å²) in [7, 11) is -4.85. The quantitative estimate of drug-likeness (QED) is 0.468. The van der Waals surface area contributed by atoms with Crippen molar-refractivity contribution < 1.29 is 28.0 Å². The SMILES string of the molecule is CCCOc1ccc(F)c2c(=O)c(-c3ccc(Cl)cc3Cl)cn(COP(=O)(O)O)c12. The van der Waals surface area contributed by atoms with Crippen LogP contribution in [0.1, 0.15) is 13.3 Å². The minimum Gasteiger partial charge on any atom is -0.491 e. The Hall–Kier alpha value is -1.93. The van der Waals surface area contributed by atoms with Crippen LogP contribution >= 0.6 is 31.0 Å². The molecule has 0 aliphatic heterocycles. The molecule has 2 N–H and O–H groups in total. The number of ether oxygens (including phenoxy) is 1. The third-order valence-electron chi connectivity index (χ3n) is 4.18. The highest BCUT2D eigenvalue weighted by Gasteiger charge is 2.21. The van der Waals surface area contributed by atoms with E-state index in [-0.39, 0.29) is 32.8 Å². The van der Waals surface area contributed by atoms with E-state index in [0.29, 0.717) is 18.1 Å².